The predicted octanol–water partition coefficient (Wildman–Crippen LogP) is 1.12. The number of hydrogen-bond acceptors (Lipinski definition) is 2. The number of carbonyl (C=O) groups excluding carboxylic acids is 1. The summed E-state index contributed by atoms with van der Waals surface area (Å²) in [7, 11) is 0. The molecule has 2 aliphatic rings. The van der Waals surface area contributed by atoms with Crippen molar-refractivity contribution in [3.05, 3.63) is 0 Å². The van der Waals surface area contributed by atoms with Crippen LogP contribution in [0.5, 0.6) is 0 Å². The van der Waals surface area contributed by atoms with E-state index in [2.05, 4.69) is 19.2 Å². The largest absolute Gasteiger partial charge is 0.355 e. The van der Waals surface area contributed by atoms with E-state index in [1.165, 1.54) is 5.75 Å². The second-order valence-corrected chi connectivity index (χ2v) is 5.12. The fourth-order valence-electron chi connectivity index (χ4n) is 2.33. The third kappa shape index (κ3) is 0.920. The van der Waals surface area contributed by atoms with Crippen molar-refractivity contribution in [2.75, 3.05) is 18.1 Å². The van der Waals surface area contributed by atoms with Crippen molar-refractivity contribution in [2.45, 2.75) is 13.8 Å². The number of carbonyl (C=O) groups is 1. The van der Waals surface area contributed by atoms with Gasteiger partial charge in [-0.25, -0.2) is 0 Å². The fourth-order valence-corrected chi connectivity index (χ4v) is 4.15. The molecule has 3 unspecified atom stereocenters. The topological polar surface area (TPSA) is 29.1 Å². The van der Waals surface area contributed by atoms with Crippen molar-refractivity contribution in [1.82, 2.24) is 5.32 Å². The maximum absolute atomic E-state index is 11.4. The van der Waals surface area contributed by atoms with Gasteiger partial charge < -0.3 is 5.32 Å². The first-order valence-corrected chi connectivity index (χ1v) is 5.68. The van der Waals surface area contributed by atoms with Gasteiger partial charge in [-0.3, -0.25) is 4.79 Å². The van der Waals surface area contributed by atoms with Crippen molar-refractivity contribution in [3.63, 3.8) is 0 Å². The lowest BCUT2D eigenvalue weighted by Crippen LogP contribution is -2.35. The molecule has 0 aromatic rings. The van der Waals surface area contributed by atoms with Crippen molar-refractivity contribution < 1.29 is 4.79 Å². The molecule has 2 heterocycles. The minimum atomic E-state index is 0.225. The van der Waals surface area contributed by atoms with Crippen LogP contribution in [0.25, 0.3) is 0 Å². The number of amides is 1. The minimum absolute atomic E-state index is 0.225. The van der Waals surface area contributed by atoms with E-state index in [1.54, 1.807) is 0 Å². The van der Waals surface area contributed by atoms with Gasteiger partial charge in [0.1, 0.15) is 0 Å². The summed E-state index contributed by atoms with van der Waals surface area (Å²) < 4.78 is 0. The summed E-state index contributed by atoms with van der Waals surface area (Å²) >= 11 is 1.99. The van der Waals surface area contributed by atoms with E-state index in [-0.39, 0.29) is 17.2 Å². The van der Waals surface area contributed by atoms with Crippen LogP contribution in [0.15, 0.2) is 0 Å². The molecule has 1 amide bonds. The van der Waals surface area contributed by atoms with Crippen LogP contribution in [-0.4, -0.2) is 24.0 Å². The van der Waals surface area contributed by atoms with E-state index in [0.717, 1.165) is 12.3 Å². The summed E-state index contributed by atoms with van der Waals surface area (Å²) in [4.78, 5) is 11.4. The smallest absolute Gasteiger partial charge is 0.223 e. The van der Waals surface area contributed by atoms with Crippen molar-refractivity contribution >= 4 is 17.7 Å². The van der Waals surface area contributed by atoms with Gasteiger partial charge in [-0.1, -0.05) is 13.8 Å². The lowest BCUT2D eigenvalue weighted by atomic mass is 9.72. The molecular weight excluding hydrogens is 170 g/mol. The molecule has 0 aromatic heterocycles. The highest BCUT2D eigenvalue weighted by atomic mass is 32.2. The normalized spacial score (nSPS) is 47.0. The zero-order chi connectivity index (χ0) is 8.77. The molecule has 2 aliphatic heterocycles. The lowest BCUT2D eigenvalue weighted by Gasteiger charge is -2.29. The Bertz CT molecular complexity index is 219. The Labute approximate surface area is 77.5 Å². The molecule has 3 heteroatoms. The van der Waals surface area contributed by atoms with Gasteiger partial charge in [0.05, 0.1) is 0 Å². The Kier molecular flexibility index (Phi) is 1.86. The zero-order valence-corrected chi connectivity index (χ0v) is 8.41. The standard InChI is InChI=1S/C9H15NOS/c1-6-3-12-5-9(6)4-10-8(11)7(9)2/h6-7H,3-5H2,1-2H3,(H,10,11). The van der Waals surface area contributed by atoms with Crippen LogP contribution in [0.4, 0.5) is 0 Å². The number of hydrogen-bond donors (Lipinski definition) is 1. The van der Waals surface area contributed by atoms with Crippen LogP contribution in [0.1, 0.15) is 13.8 Å². The van der Waals surface area contributed by atoms with E-state index in [9.17, 15) is 4.79 Å². The van der Waals surface area contributed by atoms with E-state index in [4.69, 9.17) is 0 Å². The number of thioether (sulfide) groups is 1. The molecule has 0 bridgehead atoms. The van der Waals surface area contributed by atoms with Crippen molar-refractivity contribution in [3.8, 4) is 0 Å². The van der Waals surface area contributed by atoms with Gasteiger partial charge in [0.15, 0.2) is 0 Å². The van der Waals surface area contributed by atoms with Gasteiger partial charge >= 0.3 is 0 Å². The highest BCUT2D eigenvalue weighted by Gasteiger charge is 2.51. The first kappa shape index (κ1) is 8.42. The molecule has 0 radical (unpaired) electrons. The van der Waals surface area contributed by atoms with E-state index in [0.29, 0.717) is 5.92 Å². The van der Waals surface area contributed by atoms with Gasteiger partial charge in [-0.05, 0) is 11.7 Å². The molecule has 0 aromatic carbocycles. The second kappa shape index (κ2) is 2.66. The molecular formula is C9H15NOS. The third-order valence-electron chi connectivity index (χ3n) is 3.57. The molecule has 2 rings (SSSR count). The van der Waals surface area contributed by atoms with Gasteiger partial charge in [-0.15, -0.1) is 0 Å². The molecule has 2 fully saturated rings. The van der Waals surface area contributed by atoms with Gasteiger partial charge in [0, 0.05) is 23.6 Å². The lowest BCUT2D eigenvalue weighted by molar-refractivity contribution is -0.123. The Hall–Kier alpha value is -0.180. The first-order chi connectivity index (χ1) is 5.67. The first-order valence-electron chi connectivity index (χ1n) is 4.52. The quantitative estimate of drug-likeness (QED) is 0.613. The van der Waals surface area contributed by atoms with E-state index in [1.807, 2.05) is 11.8 Å². The maximum atomic E-state index is 11.4. The fraction of sp³-hybridized carbons (Fsp3) is 0.889. The number of rotatable bonds is 0. The summed E-state index contributed by atoms with van der Waals surface area (Å²) in [6.07, 6.45) is 0. The van der Waals surface area contributed by atoms with Crippen LogP contribution in [0.2, 0.25) is 0 Å². The van der Waals surface area contributed by atoms with E-state index >= 15 is 0 Å². The maximum Gasteiger partial charge on any atom is 0.223 e. The molecule has 3 atom stereocenters. The Morgan fingerprint density at radius 2 is 2.33 bits per heavy atom. The second-order valence-electron chi connectivity index (χ2n) is 4.09. The Morgan fingerprint density at radius 1 is 1.58 bits per heavy atom. The molecule has 1 N–H and O–H groups in total. The molecule has 2 nitrogen and oxygen atoms in total. The summed E-state index contributed by atoms with van der Waals surface area (Å²) in [6.45, 7) is 5.25. The molecule has 0 saturated carbocycles. The highest BCUT2D eigenvalue weighted by Crippen LogP contribution is 2.48. The summed E-state index contributed by atoms with van der Waals surface area (Å²) in [5, 5.41) is 2.98. The molecule has 68 valence electrons. The minimum Gasteiger partial charge on any atom is -0.355 e. The summed E-state index contributed by atoms with van der Waals surface area (Å²) in [5.74, 6) is 3.55. The Balaban J connectivity index is 2.26. The average molecular weight is 185 g/mol. The monoisotopic (exact) mass is 185 g/mol. The van der Waals surface area contributed by atoms with Gasteiger partial charge in [-0.2, -0.15) is 11.8 Å². The van der Waals surface area contributed by atoms with Crippen LogP contribution in [0, 0.1) is 17.3 Å². The van der Waals surface area contributed by atoms with Gasteiger partial charge in [0.2, 0.25) is 5.91 Å². The van der Waals surface area contributed by atoms with Crippen molar-refractivity contribution in [2.24, 2.45) is 17.3 Å². The molecule has 12 heavy (non-hydrogen) atoms. The summed E-state index contributed by atoms with van der Waals surface area (Å²) in [5.41, 5.74) is 0.280. The number of nitrogens with one attached hydrogen (secondary N) is 1. The van der Waals surface area contributed by atoms with Crippen LogP contribution in [0.3, 0.4) is 0 Å². The highest BCUT2D eigenvalue weighted by molar-refractivity contribution is 7.99. The third-order valence-corrected chi connectivity index (χ3v) is 5.04. The Morgan fingerprint density at radius 3 is 2.75 bits per heavy atom. The molecule has 2 saturated heterocycles. The van der Waals surface area contributed by atoms with Crippen molar-refractivity contribution in [1.29, 1.82) is 0 Å². The van der Waals surface area contributed by atoms with Gasteiger partial charge in [0.25, 0.3) is 0 Å². The average Bonchev–Trinajstić information content (AvgIpc) is 2.54. The molecule has 0 aliphatic carbocycles. The SMILES string of the molecule is CC1CSCC12CNC(=O)C2C. The molecule has 1 spiro atoms. The van der Waals surface area contributed by atoms with E-state index < -0.39 is 0 Å². The zero-order valence-electron chi connectivity index (χ0n) is 7.59. The van der Waals surface area contributed by atoms with Crippen LogP contribution < -0.4 is 5.32 Å². The summed E-state index contributed by atoms with van der Waals surface area (Å²) in [6, 6.07) is 0. The van der Waals surface area contributed by atoms with Crippen LogP contribution in [-0.2, 0) is 4.79 Å². The van der Waals surface area contributed by atoms with Crippen LogP contribution >= 0.6 is 11.8 Å². The predicted molar refractivity (Wildman–Crippen MR) is 51.1 cm³/mol.